The number of aromatic nitrogens is 1. The van der Waals surface area contributed by atoms with Crippen LogP contribution in [0.5, 0.6) is 0 Å². The van der Waals surface area contributed by atoms with Gasteiger partial charge in [0.15, 0.2) is 0 Å². The topological polar surface area (TPSA) is 83.2 Å². The smallest absolute Gasteiger partial charge is 0.408 e. The van der Waals surface area contributed by atoms with Crippen molar-refractivity contribution in [1.82, 2.24) is 15.6 Å². The van der Waals surface area contributed by atoms with E-state index in [1.165, 1.54) is 0 Å². The second kappa shape index (κ2) is 8.93. The first-order valence-corrected chi connectivity index (χ1v) is 9.53. The van der Waals surface area contributed by atoms with Crippen molar-refractivity contribution in [2.24, 2.45) is 5.92 Å². The molecule has 3 N–H and O–H groups in total. The molecule has 27 heavy (non-hydrogen) atoms. The molecule has 1 heterocycles. The van der Waals surface area contributed by atoms with E-state index >= 15 is 0 Å². The van der Waals surface area contributed by atoms with E-state index in [0.717, 1.165) is 29.3 Å². The van der Waals surface area contributed by atoms with Gasteiger partial charge in [0, 0.05) is 23.6 Å². The highest BCUT2D eigenvalue weighted by Gasteiger charge is 2.28. The number of benzene rings is 1. The Kier molecular flexibility index (Phi) is 6.88. The fourth-order valence-corrected chi connectivity index (χ4v) is 2.91. The Morgan fingerprint density at radius 3 is 2.59 bits per heavy atom. The molecule has 0 saturated carbocycles. The SMILES string of the molecule is CCC(C)C(NC(=O)OC(C)(C)C)C(=O)NCCc1c[nH]c2ccccc12. The minimum atomic E-state index is -0.618. The third kappa shape index (κ3) is 6.01. The molecule has 1 aromatic heterocycles. The third-order valence-corrected chi connectivity index (χ3v) is 4.54. The number of fused-ring (bicyclic) bond motifs is 1. The molecule has 2 rings (SSSR count). The molecule has 0 aliphatic carbocycles. The van der Waals surface area contributed by atoms with Crippen LogP contribution in [0.2, 0.25) is 0 Å². The monoisotopic (exact) mass is 373 g/mol. The molecule has 0 saturated heterocycles. The van der Waals surface area contributed by atoms with Crippen LogP contribution < -0.4 is 10.6 Å². The van der Waals surface area contributed by atoms with Crippen LogP contribution in [0.4, 0.5) is 4.79 Å². The van der Waals surface area contributed by atoms with E-state index in [4.69, 9.17) is 4.74 Å². The zero-order chi connectivity index (χ0) is 20.0. The van der Waals surface area contributed by atoms with Crippen molar-refractivity contribution >= 4 is 22.9 Å². The number of alkyl carbamates (subject to hydrolysis) is 1. The summed E-state index contributed by atoms with van der Waals surface area (Å²) in [6.07, 6.45) is 2.90. The standard InChI is InChI=1S/C21H31N3O3/c1-6-14(2)18(24-20(26)27-21(3,4)5)19(25)22-12-11-15-13-23-17-10-8-7-9-16(15)17/h7-10,13-14,18,23H,6,11-12H2,1-5H3,(H,22,25)(H,24,26). The van der Waals surface area contributed by atoms with Crippen LogP contribution in [0.3, 0.4) is 0 Å². The van der Waals surface area contributed by atoms with Crippen LogP contribution in [0.25, 0.3) is 10.9 Å². The first kappa shape index (κ1) is 20.8. The zero-order valence-electron chi connectivity index (χ0n) is 16.9. The number of amides is 2. The first-order chi connectivity index (χ1) is 12.7. The zero-order valence-corrected chi connectivity index (χ0v) is 16.9. The van der Waals surface area contributed by atoms with Crippen molar-refractivity contribution in [2.45, 2.75) is 59.1 Å². The van der Waals surface area contributed by atoms with Gasteiger partial charge in [-0.25, -0.2) is 4.79 Å². The summed E-state index contributed by atoms with van der Waals surface area (Å²) in [6.45, 7) is 9.84. The number of hydrogen-bond donors (Lipinski definition) is 3. The lowest BCUT2D eigenvalue weighted by atomic mass is 9.98. The summed E-state index contributed by atoms with van der Waals surface area (Å²) in [6, 6.07) is 7.47. The van der Waals surface area contributed by atoms with Gasteiger partial charge < -0.3 is 20.4 Å². The Balaban J connectivity index is 1.94. The normalized spacial score (nSPS) is 13.8. The molecule has 0 bridgehead atoms. The quantitative estimate of drug-likeness (QED) is 0.691. The number of aromatic amines is 1. The number of nitrogens with one attached hydrogen (secondary N) is 3. The van der Waals surface area contributed by atoms with Crippen LogP contribution in [0.15, 0.2) is 30.5 Å². The Labute approximate surface area is 161 Å². The molecular formula is C21H31N3O3. The van der Waals surface area contributed by atoms with E-state index in [-0.39, 0.29) is 11.8 Å². The average Bonchev–Trinajstić information content (AvgIpc) is 3.00. The minimum Gasteiger partial charge on any atom is -0.444 e. The van der Waals surface area contributed by atoms with Gasteiger partial charge in [0.2, 0.25) is 5.91 Å². The maximum Gasteiger partial charge on any atom is 0.408 e. The second-order valence-corrected chi connectivity index (χ2v) is 7.91. The highest BCUT2D eigenvalue weighted by atomic mass is 16.6. The summed E-state index contributed by atoms with van der Waals surface area (Å²) in [7, 11) is 0. The summed E-state index contributed by atoms with van der Waals surface area (Å²) in [5, 5.41) is 6.83. The lowest BCUT2D eigenvalue weighted by Gasteiger charge is -2.26. The number of carbonyl (C=O) groups is 2. The van der Waals surface area contributed by atoms with E-state index in [2.05, 4.69) is 21.7 Å². The van der Waals surface area contributed by atoms with Crippen molar-refractivity contribution in [1.29, 1.82) is 0 Å². The predicted molar refractivity (Wildman–Crippen MR) is 108 cm³/mol. The van der Waals surface area contributed by atoms with E-state index in [1.807, 2.05) is 38.2 Å². The molecule has 2 atom stereocenters. The third-order valence-electron chi connectivity index (χ3n) is 4.54. The van der Waals surface area contributed by atoms with E-state index in [9.17, 15) is 9.59 Å². The van der Waals surface area contributed by atoms with Crippen molar-refractivity contribution < 1.29 is 14.3 Å². The van der Waals surface area contributed by atoms with Crippen molar-refractivity contribution in [3.8, 4) is 0 Å². The van der Waals surface area contributed by atoms with Crippen molar-refractivity contribution in [3.63, 3.8) is 0 Å². The fourth-order valence-electron chi connectivity index (χ4n) is 2.91. The predicted octanol–water partition coefficient (Wildman–Crippen LogP) is 3.77. The minimum absolute atomic E-state index is 0.00519. The molecule has 6 nitrogen and oxygen atoms in total. The number of H-pyrrole nitrogens is 1. The molecule has 1 aromatic carbocycles. The summed E-state index contributed by atoms with van der Waals surface area (Å²) in [5.74, 6) is -0.180. The molecule has 6 heteroatoms. The van der Waals surface area contributed by atoms with E-state index in [1.54, 1.807) is 20.8 Å². The Morgan fingerprint density at radius 2 is 1.93 bits per heavy atom. The van der Waals surface area contributed by atoms with Gasteiger partial charge >= 0.3 is 6.09 Å². The van der Waals surface area contributed by atoms with Gasteiger partial charge in [0.05, 0.1) is 0 Å². The summed E-state index contributed by atoms with van der Waals surface area (Å²) >= 11 is 0. The maximum atomic E-state index is 12.6. The lowest BCUT2D eigenvalue weighted by molar-refractivity contribution is -0.124. The summed E-state index contributed by atoms with van der Waals surface area (Å²) < 4.78 is 5.29. The number of carbonyl (C=O) groups excluding carboxylic acids is 2. The molecular weight excluding hydrogens is 342 g/mol. The molecule has 2 aromatic rings. The maximum absolute atomic E-state index is 12.6. The van der Waals surface area contributed by atoms with Gasteiger partial charge in [-0.1, -0.05) is 38.5 Å². The van der Waals surface area contributed by atoms with E-state index < -0.39 is 17.7 Å². The Hall–Kier alpha value is -2.50. The number of para-hydroxylation sites is 1. The van der Waals surface area contributed by atoms with Gasteiger partial charge in [0.1, 0.15) is 11.6 Å². The highest BCUT2D eigenvalue weighted by molar-refractivity contribution is 5.86. The van der Waals surface area contributed by atoms with Crippen LogP contribution in [-0.4, -0.2) is 35.2 Å². The van der Waals surface area contributed by atoms with Crippen LogP contribution in [0, 0.1) is 5.92 Å². The molecule has 2 amide bonds. The summed E-state index contributed by atoms with van der Waals surface area (Å²) in [4.78, 5) is 28.0. The number of ether oxygens (including phenoxy) is 1. The van der Waals surface area contributed by atoms with Crippen molar-refractivity contribution in [3.05, 3.63) is 36.0 Å². The molecule has 148 valence electrons. The Bertz CT molecular complexity index is 776. The van der Waals surface area contributed by atoms with Crippen molar-refractivity contribution in [2.75, 3.05) is 6.54 Å². The molecule has 0 aliphatic heterocycles. The van der Waals surface area contributed by atoms with Crippen LogP contribution >= 0.6 is 0 Å². The van der Waals surface area contributed by atoms with Gasteiger partial charge in [-0.05, 0) is 44.7 Å². The Morgan fingerprint density at radius 1 is 1.22 bits per heavy atom. The average molecular weight is 373 g/mol. The van der Waals surface area contributed by atoms with Gasteiger partial charge in [0.25, 0.3) is 0 Å². The van der Waals surface area contributed by atoms with Crippen LogP contribution in [-0.2, 0) is 16.0 Å². The van der Waals surface area contributed by atoms with Gasteiger partial charge in [-0.3, -0.25) is 4.79 Å². The van der Waals surface area contributed by atoms with Gasteiger partial charge in [-0.15, -0.1) is 0 Å². The molecule has 0 fully saturated rings. The number of rotatable bonds is 7. The highest BCUT2D eigenvalue weighted by Crippen LogP contribution is 2.18. The summed E-state index contributed by atoms with van der Waals surface area (Å²) in [5.41, 5.74) is 1.64. The fraction of sp³-hybridized carbons (Fsp3) is 0.524. The van der Waals surface area contributed by atoms with Crippen LogP contribution in [0.1, 0.15) is 46.6 Å². The number of hydrogen-bond acceptors (Lipinski definition) is 3. The lowest BCUT2D eigenvalue weighted by Crippen LogP contribution is -2.51. The molecule has 2 unspecified atom stereocenters. The largest absolute Gasteiger partial charge is 0.444 e. The van der Waals surface area contributed by atoms with E-state index in [0.29, 0.717) is 6.54 Å². The molecule has 0 radical (unpaired) electrons. The molecule has 0 aliphatic rings. The van der Waals surface area contributed by atoms with Gasteiger partial charge in [-0.2, -0.15) is 0 Å². The molecule has 0 spiro atoms. The second-order valence-electron chi connectivity index (χ2n) is 7.91. The first-order valence-electron chi connectivity index (χ1n) is 9.53.